The second-order valence-electron chi connectivity index (χ2n) is 6.80. The Kier molecular flexibility index (Phi) is 4.71. The van der Waals surface area contributed by atoms with Gasteiger partial charge in [0.2, 0.25) is 5.13 Å². The summed E-state index contributed by atoms with van der Waals surface area (Å²) in [4.78, 5) is 39.5. The normalized spacial score (nSPS) is 13.0. The predicted octanol–water partition coefficient (Wildman–Crippen LogP) is 3.77. The molecule has 1 N–H and O–H groups in total. The monoisotopic (exact) mass is 406 g/mol. The van der Waals surface area contributed by atoms with E-state index in [9.17, 15) is 14.4 Å². The molecular weight excluding hydrogens is 388 g/mol. The lowest BCUT2D eigenvalue weighted by atomic mass is 10.1. The van der Waals surface area contributed by atoms with E-state index < -0.39 is 11.8 Å². The fourth-order valence-electron chi connectivity index (χ4n) is 3.27. The molecule has 8 heteroatoms. The van der Waals surface area contributed by atoms with Crippen molar-refractivity contribution in [2.24, 2.45) is 0 Å². The van der Waals surface area contributed by atoms with Crippen molar-refractivity contribution in [3.05, 3.63) is 69.2 Å². The van der Waals surface area contributed by atoms with Gasteiger partial charge in [0.25, 0.3) is 17.7 Å². The van der Waals surface area contributed by atoms with Crippen molar-refractivity contribution >= 4 is 39.9 Å². The van der Waals surface area contributed by atoms with Crippen LogP contribution in [0, 0.1) is 13.8 Å². The molecule has 2 aromatic carbocycles. The first-order valence-electron chi connectivity index (χ1n) is 9.13. The van der Waals surface area contributed by atoms with E-state index in [1.165, 1.54) is 34.4 Å². The van der Waals surface area contributed by atoms with Gasteiger partial charge < -0.3 is 0 Å². The minimum atomic E-state index is -0.434. The van der Waals surface area contributed by atoms with Gasteiger partial charge in [-0.15, -0.1) is 10.2 Å². The molecule has 2 heterocycles. The van der Waals surface area contributed by atoms with Crippen LogP contribution >= 0.6 is 11.3 Å². The minimum absolute atomic E-state index is 0.217. The van der Waals surface area contributed by atoms with Crippen molar-refractivity contribution in [3.8, 4) is 0 Å². The fourth-order valence-corrected chi connectivity index (χ4v) is 3.95. The van der Waals surface area contributed by atoms with Gasteiger partial charge in [-0.05, 0) is 50.1 Å². The van der Waals surface area contributed by atoms with Crippen LogP contribution in [-0.4, -0.2) is 27.9 Å². The molecule has 1 aliphatic rings. The Morgan fingerprint density at radius 2 is 1.79 bits per heavy atom. The molecule has 0 radical (unpaired) electrons. The average molecular weight is 406 g/mol. The second-order valence-corrected chi connectivity index (χ2v) is 7.87. The van der Waals surface area contributed by atoms with Crippen LogP contribution in [0.3, 0.4) is 0 Å². The summed E-state index contributed by atoms with van der Waals surface area (Å²) in [5.41, 5.74) is 3.21. The summed E-state index contributed by atoms with van der Waals surface area (Å²) < 4.78 is 0. The number of aromatic nitrogens is 2. The van der Waals surface area contributed by atoms with E-state index in [0.717, 1.165) is 22.6 Å². The third-order valence-corrected chi connectivity index (χ3v) is 5.71. The molecule has 0 unspecified atom stereocenters. The maximum Gasteiger partial charge on any atom is 0.266 e. The third-order valence-electron chi connectivity index (χ3n) is 4.73. The number of amides is 3. The van der Waals surface area contributed by atoms with E-state index in [1.54, 1.807) is 6.07 Å². The quantitative estimate of drug-likeness (QED) is 0.666. The van der Waals surface area contributed by atoms with Crippen molar-refractivity contribution < 1.29 is 14.4 Å². The molecule has 3 aromatic rings. The topological polar surface area (TPSA) is 92.3 Å². The van der Waals surface area contributed by atoms with E-state index >= 15 is 0 Å². The summed E-state index contributed by atoms with van der Waals surface area (Å²) in [6.07, 6.45) is 0.733. The highest BCUT2D eigenvalue weighted by molar-refractivity contribution is 7.15. The number of nitrogens with zero attached hydrogens (tertiary/aromatic N) is 3. The Labute approximate surface area is 171 Å². The van der Waals surface area contributed by atoms with E-state index in [2.05, 4.69) is 15.5 Å². The van der Waals surface area contributed by atoms with Crippen LogP contribution in [0.1, 0.15) is 54.1 Å². The van der Waals surface area contributed by atoms with Crippen molar-refractivity contribution in [2.45, 2.75) is 27.2 Å². The van der Waals surface area contributed by atoms with E-state index in [1.807, 2.05) is 32.9 Å². The molecule has 0 fully saturated rings. The number of carbonyl (C=O) groups excluding carboxylic acids is 3. The van der Waals surface area contributed by atoms with Gasteiger partial charge in [-0.2, -0.15) is 0 Å². The summed E-state index contributed by atoms with van der Waals surface area (Å²) >= 11 is 1.30. The Hall–Kier alpha value is -3.39. The van der Waals surface area contributed by atoms with Crippen molar-refractivity contribution in [1.29, 1.82) is 0 Å². The summed E-state index contributed by atoms with van der Waals surface area (Å²) in [5.74, 6) is -1.23. The molecule has 3 amide bonds. The third kappa shape index (κ3) is 3.31. The standard InChI is InChI=1S/C21H18N4O3S/c1-4-17-23-24-21(29-17)22-18(26)13-6-7-14-15(10-13)20(28)25(19(14)27)16-8-5-11(2)9-12(16)3/h5-10H,4H2,1-3H3,(H,22,24,26). The van der Waals surface area contributed by atoms with E-state index in [0.29, 0.717) is 10.8 Å². The molecule has 1 aromatic heterocycles. The number of imide groups is 1. The first kappa shape index (κ1) is 18.9. The maximum atomic E-state index is 13.0. The number of hydrogen-bond donors (Lipinski definition) is 1. The predicted molar refractivity (Wildman–Crippen MR) is 111 cm³/mol. The number of nitrogens with one attached hydrogen (secondary N) is 1. The van der Waals surface area contributed by atoms with Gasteiger partial charge in [-0.3, -0.25) is 19.7 Å². The van der Waals surface area contributed by atoms with Crippen LogP contribution in [0.5, 0.6) is 0 Å². The maximum absolute atomic E-state index is 13.0. The highest BCUT2D eigenvalue weighted by atomic mass is 32.1. The zero-order chi connectivity index (χ0) is 20.7. The molecule has 0 saturated heterocycles. The van der Waals surface area contributed by atoms with Gasteiger partial charge in [0.05, 0.1) is 16.8 Å². The molecule has 0 atom stereocenters. The van der Waals surface area contributed by atoms with Gasteiger partial charge in [0.15, 0.2) is 0 Å². The Morgan fingerprint density at radius 3 is 2.48 bits per heavy atom. The lowest BCUT2D eigenvalue weighted by Crippen LogP contribution is -2.30. The Morgan fingerprint density at radius 1 is 1.03 bits per heavy atom. The van der Waals surface area contributed by atoms with Gasteiger partial charge in [0, 0.05) is 5.56 Å². The molecule has 1 aliphatic heterocycles. The summed E-state index contributed by atoms with van der Waals surface area (Å²) in [5, 5.41) is 11.8. The molecule has 146 valence electrons. The summed E-state index contributed by atoms with van der Waals surface area (Å²) in [6.45, 7) is 5.76. The number of hydrogen-bond acceptors (Lipinski definition) is 6. The van der Waals surface area contributed by atoms with Crippen LogP contribution in [0.15, 0.2) is 36.4 Å². The Bertz CT molecular complexity index is 1170. The minimum Gasteiger partial charge on any atom is -0.296 e. The first-order chi connectivity index (χ1) is 13.9. The molecular formula is C21H18N4O3S. The number of anilines is 2. The number of carbonyl (C=O) groups is 3. The molecule has 0 bridgehead atoms. The highest BCUT2D eigenvalue weighted by Gasteiger charge is 2.37. The molecule has 7 nitrogen and oxygen atoms in total. The first-order valence-corrected chi connectivity index (χ1v) is 9.94. The summed E-state index contributed by atoms with van der Waals surface area (Å²) in [6, 6.07) is 10.1. The van der Waals surface area contributed by atoms with Crippen molar-refractivity contribution in [1.82, 2.24) is 10.2 Å². The molecule has 29 heavy (non-hydrogen) atoms. The van der Waals surface area contributed by atoms with Crippen LogP contribution < -0.4 is 10.2 Å². The number of fused-ring (bicyclic) bond motifs is 1. The van der Waals surface area contributed by atoms with Crippen molar-refractivity contribution in [3.63, 3.8) is 0 Å². The lowest BCUT2D eigenvalue weighted by Gasteiger charge is -2.16. The fraction of sp³-hybridized carbons (Fsp3) is 0.190. The van der Waals surface area contributed by atoms with Crippen molar-refractivity contribution in [2.75, 3.05) is 10.2 Å². The number of rotatable bonds is 4. The van der Waals surface area contributed by atoms with Crippen LogP contribution in [0.2, 0.25) is 0 Å². The molecule has 0 aliphatic carbocycles. The van der Waals surface area contributed by atoms with E-state index in [4.69, 9.17) is 0 Å². The van der Waals surface area contributed by atoms with Gasteiger partial charge in [-0.1, -0.05) is 36.0 Å². The van der Waals surface area contributed by atoms with Gasteiger partial charge in [-0.25, -0.2) is 4.90 Å². The smallest absolute Gasteiger partial charge is 0.266 e. The van der Waals surface area contributed by atoms with Crippen LogP contribution in [0.25, 0.3) is 0 Å². The zero-order valence-electron chi connectivity index (χ0n) is 16.1. The molecule has 0 saturated carbocycles. The summed E-state index contributed by atoms with van der Waals surface area (Å²) in [7, 11) is 0. The number of benzene rings is 2. The lowest BCUT2D eigenvalue weighted by molar-refractivity contribution is 0.0925. The SMILES string of the molecule is CCc1nnc(NC(=O)c2ccc3c(c2)C(=O)N(c2ccc(C)cc2C)C3=O)s1. The van der Waals surface area contributed by atoms with Gasteiger partial charge in [0.1, 0.15) is 5.01 Å². The average Bonchev–Trinajstić information content (AvgIpc) is 3.25. The van der Waals surface area contributed by atoms with Crippen LogP contribution in [0.4, 0.5) is 10.8 Å². The Balaban J connectivity index is 1.63. The molecule has 4 rings (SSSR count). The molecule has 0 spiro atoms. The second kappa shape index (κ2) is 7.21. The zero-order valence-corrected chi connectivity index (χ0v) is 17.0. The highest BCUT2D eigenvalue weighted by Crippen LogP contribution is 2.31. The van der Waals surface area contributed by atoms with Crippen LogP contribution in [-0.2, 0) is 6.42 Å². The largest absolute Gasteiger partial charge is 0.296 e. The van der Waals surface area contributed by atoms with E-state index in [-0.39, 0.29) is 22.6 Å². The van der Waals surface area contributed by atoms with Gasteiger partial charge >= 0.3 is 0 Å². The number of aryl methyl sites for hydroxylation is 3.